The second-order valence-corrected chi connectivity index (χ2v) is 6.06. The minimum absolute atomic E-state index is 0.548. The molecule has 0 saturated heterocycles. The van der Waals surface area contributed by atoms with Crippen LogP contribution in [-0.2, 0) is 12.8 Å². The summed E-state index contributed by atoms with van der Waals surface area (Å²) in [5.41, 5.74) is 2.55. The van der Waals surface area contributed by atoms with E-state index in [4.69, 9.17) is 16.3 Å². The van der Waals surface area contributed by atoms with Gasteiger partial charge in [-0.05, 0) is 55.0 Å². The number of halogens is 1. The molecule has 0 bridgehead atoms. The van der Waals surface area contributed by atoms with Crippen LogP contribution in [-0.4, -0.2) is 19.7 Å². The molecule has 98 valence electrons. The van der Waals surface area contributed by atoms with Crippen molar-refractivity contribution in [3.8, 4) is 5.75 Å². The summed E-state index contributed by atoms with van der Waals surface area (Å²) in [5.74, 6) is 2.76. The number of rotatable bonds is 4. The first kappa shape index (κ1) is 12.3. The maximum absolute atomic E-state index is 6.20. The van der Waals surface area contributed by atoms with E-state index < -0.39 is 0 Å². The van der Waals surface area contributed by atoms with Crippen LogP contribution in [0.4, 0.5) is 0 Å². The molecule has 1 N–H and O–H groups in total. The van der Waals surface area contributed by atoms with Gasteiger partial charge in [-0.3, -0.25) is 0 Å². The first-order chi connectivity index (χ1) is 8.69. The van der Waals surface area contributed by atoms with E-state index in [1.54, 1.807) is 0 Å². The minimum atomic E-state index is 0.548. The van der Waals surface area contributed by atoms with Gasteiger partial charge in [-0.2, -0.15) is 0 Å². The fourth-order valence-corrected chi connectivity index (χ4v) is 3.38. The molecule has 3 rings (SSSR count). The molecule has 1 aliphatic heterocycles. The molecule has 3 unspecified atom stereocenters. The van der Waals surface area contributed by atoms with E-state index in [1.807, 2.05) is 6.07 Å². The molecular formula is C15H20ClNO. The van der Waals surface area contributed by atoms with Gasteiger partial charge < -0.3 is 10.1 Å². The van der Waals surface area contributed by atoms with Crippen molar-refractivity contribution in [2.24, 2.45) is 11.8 Å². The van der Waals surface area contributed by atoms with E-state index >= 15 is 0 Å². The van der Waals surface area contributed by atoms with Crippen LogP contribution >= 0.6 is 11.6 Å². The summed E-state index contributed by atoms with van der Waals surface area (Å²) >= 11 is 6.20. The minimum Gasteiger partial charge on any atom is -0.493 e. The van der Waals surface area contributed by atoms with E-state index in [-0.39, 0.29) is 0 Å². The van der Waals surface area contributed by atoms with Gasteiger partial charge in [0.1, 0.15) is 5.75 Å². The van der Waals surface area contributed by atoms with Crippen molar-refractivity contribution >= 4 is 11.6 Å². The average molecular weight is 266 g/mol. The molecule has 2 aliphatic rings. The summed E-state index contributed by atoms with van der Waals surface area (Å²) in [5, 5.41) is 4.30. The average Bonchev–Trinajstić information content (AvgIpc) is 2.88. The topological polar surface area (TPSA) is 21.3 Å². The lowest BCUT2D eigenvalue weighted by atomic mass is 9.98. The third kappa shape index (κ3) is 2.24. The molecule has 1 heterocycles. The highest BCUT2D eigenvalue weighted by atomic mass is 35.5. The second-order valence-electron chi connectivity index (χ2n) is 5.63. The summed E-state index contributed by atoms with van der Waals surface area (Å²) in [6.45, 7) is 3.13. The predicted octanol–water partition coefficient (Wildman–Crippen LogP) is 3.06. The van der Waals surface area contributed by atoms with Crippen LogP contribution in [0.15, 0.2) is 12.1 Å². The summed E-state index contributed by atoms with van der Waals surface area (Å²) in [6, 6.07) is 4.66. The van der Waals surface area contributed by atoms with Crippen molar-refractivity contribution in [2.45, 2.75) is 32.2 Å². The largest absolute Gasteiger partial charge is 0.493 e. The Hall–Kier alpha value is -0.730. The van der Waals surface area contributed by atoms with Crippen LogP contribution in [0, 0.1) is 11.8 Å². The quantitative estimate of drug-likeness (QED) is 0.904. The van der Waals surface area contributed by atoms with Crippen LogP contribution in [0.2, 0.25) is 5.02 Å². The molecule has 1 aromatic carbocycles. The fraction of sp³-hybridized carbons (Fsp3) is 0.600. The zero-order valence-electron chi connectivity index (χ0n) is 11.0. The zero-order chi connectivity index (χ0) is 12.7. The maximum atomic E-state index is 6.20. The summed E-state index contributed by atoms with van der Waals surface area (Å²) in [7, 11) is 2.06. The Bertz CT molecular complexity index is 460. The van der Waals surface area contributed by atoms with E-state index in [2.05, 4.69) is 25.4 Å². The Kier molecular flexibility index (Phi) is 3.25. The van der Waals surface area contributed by atoms with Crippen molar-refractivity contribution in [2.75, 3.05) is 13.7 Å². The number of fused-ring (bicyclic) bond motifs is 1. The molecule has 0 radical (unpaired) electrons. The normalized spacial score (nSPS) is 26.6. The fourth-order valence-electron chi connectivity index (χ4n) is 3.11. The third-order valence-electron chi connectivity index (χ3n) is 4.32. The number of benzene rings is 1. The van der Waals surface area contributed by atoms with Crippen molar-refractivity contribution in [3.63, 3.8) is 0 Å². The van der Waals surface area contributed by atoms with Gasteiger partial charge in [0.2, 0.25) is 0 Å². The SMILES string of the molecule is CNC(Cc1cc(Cl)cc2c1OCC2)C1CC1C. The molecule has 0 spiro atoms. The molecule has 18 heavy (non-hydrogen) atoms. The van der Waals surface area contributed by atoms with Gasteiger partial charge in [-0.25, -0.2) is 0 Å². The number of hydrogen-bond acceptors (Lipinski definition) is 2. The first-order valence-electron chi connectivity index (χ1n) is 6.80. The van der Waals surface area contributed by atoms with Crippen LogP contribution in [0.1, 0.15) is 24.5 Å². The predicted molar refractivity (Wildman–Crippen MR) is 74.5 cm³/mol. The number of likely N-dealkylation sites (N-methyl/N-ethyl adjacent to an activating group) is 1. The lowest BCUT2D eigenvalue weighted by Gasteiger charge is -2.18. The standard InChI is InChI=1S/C15H20ClNO/c1-9-5-13(9)14(17-2)8-11-7-12(16)6-10-3-4-18-15(10)11/h6-7,9,13-14,17H,3-5,8H2,1-2H3. The van der Waals surface area contributed by atoms with Crippen LogP contribution in [0.3, 0.4) is 0 Å². The van der Waals surface area contributed by atoms with E-state index in [1.165, 1.54) is 17.5 Å². The Morgan fingerprint density at radius 3 is 2.94 bits per heavy atom. The molecule has 3 heteroatoms. The van der Waals surface area contributed by atoms with Crippen LogP contribution in [0.25, 0.3) is 0 Å². The van der Waals surface area contributed by atoms with Crippen LogP contribution < -0.4 is 10.1 Å². The zero-order valence-corrected chi connectivity index (χ0v) is 11.8. The van der Waals surface area contributed by atoms with Gasteiger partial charge in [0.25, 0.3) is 0 Å². The van der Waals surface area contributed by atoms with Gasteiger partial charge >= 0.3 is 0 Å². The second kappa shape index (κ2) is 4.75. The summed E-state index contributed by atoms with van der Waals surface area (Å²) in [6.07, 6.45) is 3.36. The van der Waals surface area contributed by atoms with Gasteiger partial charge in [0, 0.05) is 17.5 Å². The third-order valence-corrected chi connectivity index (χ3v) is 4.54. The monoisotopic (exact) mass is 265 g/mol. The van der Waals surface area contributed by atoms with E-state index in [9.17, 15) is 0 Å². The highest BCUT2D eigenvalue weighted by molar-refractivity contribution is 6.30. The van der Waals surface area contributed by atoms with Gasteiger partial charge in [-0.15, -0.1) is 0 Å². The van der Waals surface area contributed by atoms with E-state index in [0.717, 1.165) is 42.1 Å². The molecular weight excluding hydrogens is 246 g/mol. The highest BCUT2D eigenvalue weighted by Gasteiger charge is 2.39. The first-order valence-corrected chi connectivity index (χ1v) is 7.18. The smallest absolute Gasteiger partial charge is 0.125 e. The van der Waals surface area contributed by atoms with Gasteiger partial charge in [-0.1, -0.05) is 18.5 Å². The van der Waals surface area contributed by atoms with Gasteiger partial charge in [0.15, 0.2) is 0 Å². The summed E-state index contributed by atoms with van der Waals surface area (Å²) in [4.78, 5) is 0. The lowest BCUT2D eigenvalue weighted by molar-refractivity contribution is 0.350. The molecule has 3 atom stereocenters. The number of hydrogen-bond donors (Lipinski definition) is 1. The maximum Gasteiger partial charge on any atom is 0.125 e. The van der Waals surface area contributed by atoms with E-state index in [0.29, 0.717) is 6.04 Å². The van der Waals surface area contributed by atoms with Crippen molar-refractivity contribution < 1.29 is 4.74 Å². The summed E-state index contributed by atoms with van der Waals surface area (Å²) < 4.78 is 5.77. The number of nitrogens with one attached hydrogen (secondary N) is 1. The molecule has 1 aromatic rings. The molecule has 0 amide bonds. The van der Waals surface area contributed by atoms with Gasteiger partial charge in [0.05, 0.1) is 6.61 Å². The van der Waals surface area contributed by atoms with Crippen molar-refractivity contribution in [3.05, 3.63) is 28.3 Å². The Morgan fingerprint density at radius 2 is 2.28 bits per heavy atom. The van der Waals surface area contributed by atoms with Crippen molar-refractivity contribution in [1.29, 1.82) is 0 Å². The number of ether oxygens (including phenoxy) is 1. The Labute approximate surface area is 114 Å². The molecule has 0 aromatic heterocycles. The molecule has 1 saturated carbocycles. The van der Waals surface area contributed by atoms with Crippen LogP contribution in [0.5, 0.6) is 5.75 Å². The molecule has 2 nitrogen and oxygen atoms in total. The Balaban J connectivity index is 1.83. The van der Waals surface area contributed by atoms with Crippen molar-refractivity contribution in [1.82, 2.24) is 5.32 Å². The highest BCUT2D eigenvalue weighted by Crippen LogP contribution is 2.43. The molecule has 1 fully saturated rings. The lowest BCUT2D eigenvalue weighted by Crippen LogP contribution is -2.30. The molecule has 1 aliphatic carbocycles. The Morgan fingerprint density at radius 1 is 1.50 bits per heavy atom.